The van der Waals surface area contributed by atoms with E-state index in [1.807, 2.05) is 31.2 Å². The molecule has 2 aromatic rings. The van der Waals surface area contributed by atoms with Gasteiger partial charge in [0.15, 0.2) is 6.61 Å². The van der Waals surface area contributed by atoms with Gasteiger partial charge in [-0.15, -0.1) is 0 Å². The number of anilines is 1. The first-order valence-electron chi connectivity index (χ1n) is 10.2. The van der Waals surface area contributed by atoms with Crippen LogP contribution in [0.1, 0.15) is 41.3 Å². The lowest BCUT2D eigenvalue weighted by atomic mass is 10.0. The second-order valence-electron chi connectivity index (χ2n) is 7.53. The van der Waals surface area contributed by atoms with E-state index in [0.717, 1.165) is 12.0 Å². The molecule has 0 aromatic heterocycles. The van der Waals surface area contributed by atoms with Gasteiger partial charge in [-0.05, 0) is 36.6 Å². The highest BCUT2D eigenvalue weighted by Crippen LogP contribution is 2.32. The molecule has 0 spiro atoms. The zero-order chi connectivity index (χ0) is 22.0. The van der Waals surface area contributed by atoms with Gasteiger partial charge >= 0.3 is 0 Å². The lowest BCUT2D eigenvalue weighted by Crippen LogP contribution is -2.52. The van der Waals surface area contributed by atoms with Crippen molar-refractivity contribution in [3.8, 4) is 5.75 Å². The average Bonchev–Trinajstić information content (AvgIpc) is 3.10. The first-order valence-corrected chi connectivity index (χ1v) is 10.2. The summed E-state index contributed by atoms with van der Waals surface area (Å²) in [6.07, 6.45) is 1.27. The minimum atomic E-state index is -0.699. The fourth-order valence-corrected chi connectivity index (χ4v) is 3.97. The second kappa shape index (κ2) is 8.59. The Morgan fingerprint density at radius 3 is 2.74 bits per heavy atom. The molecule has 0 saturated carbocycles. The van der Waals surface area contributed by atoms with Crippen LogP contribution in [0, 0.1) is 0 Å². The molecular weight excluding hydrogens is 398 g/mol. The summed E-state index contributed by atoms with van der Waals surface area (Å²) in [5, 5.41) is 5.10. The van der Waals surface area contributed by atoms with Gasteiger partial charge in [0.05, 0.1) is 0 Å². The number of carbonyl (C=O) groups excluding carboxylic acids is 4. The van der Waals surface area contributed by atoms with Crippen LogP contribution < -0.4 is 15.4 Å². The fraction of sp³-hybridized carbons (Fsp3) is 0.304. The molecule has 1 saturated heterocycles. The van der Waals surface area contributed by atoms with E-state index in [9.17, 15) is 19.2 Å². The first-order chi connectivity index (χ1) is 15.0. The van der Waals surface area contributed by atoms with Gasteiger partial charge in [-0.25, -0.2) is 0 Å². The van der Waals surface area contributed by atoms with Gasteiger partial charge in [0.2, 0.25) is 11.8 Å². The van der Waals surface area contributed by atoms with E-state index in [0.29, 0.717) is 22.6 Å². The van der Waals surface area contributed by atoms with E-state index < -0.39 is 11.9 Å². The number of nitrogens with one attached hydrogen (secondary N) is 2. The van der Waals surface area contributed by atoms with Crippen LogP contribution in [-0.2, 0) is 27.3 Å². The van der Waals surface area contributed by atoms with Gasteiger partial charge in [-0.3, -0.25) is 24.5 Å². The predicted octanol–water partition coefficient (Wildman–Crippen LogP) is 2.03. The van der Waals surface area contributed by atoms with E-state index in [-0.39, 0.29) is 43.7 Å². The number of carbonyl (C=O) groups is 4. The number of nitrogens with zero attached hydrogens (tertiary/aromatic N) is 1. The van der Waals surface area contributed by atoms with Gasteiger partial charge in [-0.2, -0.15) is 0 Å². The normalized spacial score (nSPS) is 17.9. The number of hydrogen-bond donors (Lipinski definition) is 2. The van der Waals surface area contributed by atoms with E-state index >= 15 is 0 Å². The molecule has 0 aliphatic carbocycles. The van der Waals surface area contributed by atoms with Crippen LogP contribution in [0.3, 0.4) is 0 Å². The van der Waals surface area contributed by atoms with Crippen LogP contribution in [0.15, 0.2) is 42.5 Å². The summed E-state index contributed by atoms with van der Waals surface area (Å²) in [6.45, 7) is 2.04. The average molecular weight is 421 g/mol. The second-order valence-corrected chi connectivity index (χ2v) is 7.53. The van der Waals surface area contributed by atoms with Crippen molar-refractivity contribution < 1.29 is 23.9 Å². The van der Waals surface area contributed by atoms with Crippen molar-refractivity contribution in [2.75, 3.05) is 11.9 Å². The molecule has 2 N–H and O–H groups in total. The topological polar surface area (TPSA) is 105 Å². The summed E-state index contributed by atoms with van der Waals surface area (Å²) < 4.78 is 5.67. The minimum Gasteiger partial charge on any atom is -0.483 e. The van der Waals surface area contributed by atoms with Crippen LogP contribution >= 0.6 is 0 Å². The predicted molar refractivity (Wildman–Crippen MR) is 112 cm³/mol. The minimum absolute atomic E-state index is 0.161. The summed E-state index contributed by atoms with van der Waals surface area (Å²) in [6, 6.07) is 11.9. The van der Waals surface area contributed by atoms with Crippen LogP contribution in [0.2, 0.25) is 0 Å². The number of ether oxygens (including phenoxy) is 1. The molecule has 8 heteroatoms. The maximum atomic E-state index is 12.9. The molecule has 0 radical (unpaired) electrons. The van der Waals surface area contributed by atoms with Gasteiger partial charge in [-0.1, -0.05) is 31.2 Å². The number of rotatable bonds is 6. The van der Waals surface area contributed by atoms with Gasteiger partial charge in [0, 0.05) is 29.8 Å². The third kappa shape index (κ3) is 4.14. The number of para-hydroxylation sites is 1. The highest BCUT2D eigenvalue weighted by atomic mass is 16.5. The quantitative estimate of drug-likeness (QED) is 0.695. The van der Waals surface area contributed by atoms with Gasteiger partial charge < -0.3 is 15.0 Å². The van der Waals surface area contributed by atoms with Crippen molar-refractivity contribution in [3.05, 3.63) is 59.2 Å². The van der Waals surface area contributed by atoms with E-state index in [1.54, 1.807) is 18.2 Å². The number of aryl methyl sites for hydroxylation is 1. The number of piperidine rings is 1. The Balaban J connectivity index is 1.45. The highest BCUT2D eigenvalue weighted by molar-refractivity contribution is 6.06. The van der Waals surface area contributed by atoms with Crippen LogP contribution in [0.4, 0.5) is 5.69 Å². The third-order valence-corrected chi connectivity index (χ3v) is 5.57. The first kappa shape index (κ1) is 20.6. The zero-order valence-electron chi connectivity index (χ0n) is 17.1. The number of amides is 4. The van der Waals surface area contributed by atoms with Crippen LogP contribution in [0.5, 0.6) is 5.75 Å². The molecule has 2 aromatic carbocycles. The highest BCUT2D eigenvalue weighted by Gasteiger charge is 2.39. The Kier molecular flexibility index (Phi) is 5.70. The SMILES string of the molecule is CCc1ccccc1OCC(=O)Nc1cccc2c1CN(C1CCC(=O)NC1=O)C2=O. The zero-order valence-corrected chi connectivity index (χ0v) is 17.1. The van der Waals surface area contributed by atoms with Crippen molar-refractivity contribution in [1.82, 2.24) is 10.2 Å². The van der Waals surface area contributed by atoms with E-state index in [4.69, 9.17) is 4.74 Å². The van der Waals surface area contributed by atoms with Crippen LogP contribution in [0.25, 0.3) is 0 Å². The molecule has 0 bridgehead atoms. The molecule has 2 heterocycles. The maximum Gasteiger partial charge on any atom is 0.262 e. The number of imide groups is 1. The lowest BCUT2D eigenvalue weighted by Gasteiger charge is -2.29. The van der Waals surface area contributed by atoms with Crippen molar-refractivity contribution in [1.29, 1.82) is 0 Å². The molecule has 1 fully saturated rings. The van der Waals surface area contributed by atoms with Crippen molar-refractivity contribution >= 4 is 29.3 Å². The van der Waals surface area contributed by atoms with Crippen molar-refractivity contribution in [2.24, 2.45) is 0 Å². The Morgan fingerprint density at radius 2 is 1.97 bits per heavy atom. The molecule has 8 nitrogen and oxygen atoms in total. The largest absolute Gasteiger partial charge is 0.483 e. The van der Waals surface area contributed by atoms with E-state index in [1.165, 1.54) is 4.90 Å². The molecule has 160 valence electrons. The molecule has 31 heavy (non-hydrogen) atoms. The molecular formula is C23H23N3O5. The van der Waals surface area contributed by atoms with Crippen molar-refractivity contribution in [2.45, 2.75) is 38.8 Å². The molecule has 2 aliphatic heterocycles. The number of hydrogen-bond acceptors (Lipinski definition) is 5. The lowest BCUT2D eigenvalue weighted by molar-refractivity contribution is -0.137. The third-order valence-electron chi connectivity index (χ3n) is 5.57. The molecule has 1 unspecified atom stereocenters. The molecule has 4 rings (SSSR count). The number of benzene rings is 2. The van der Waals surface area contributed by atoms with Crippen LogP contribution in [-0.4, -0.2) is 41.2 Å². The van der Waals surface area contributed by atoms with Crippen molar-refractivity contribution in [3.63, 3.8) is 0 Å². The van der Waals surface area contributed by atoms with E-state index in [2.05, 4.69) is 10.6 Å². The summed E-state index contributed by atoms with van der Waals surface area (Å²) in [7, 11) is 0. The maximum absolute atomic E-state index is 12.9. The standard InChI is InChI=1S/C23H23N3O5/c1-2-14-6-3-4-9-19(14)31-13-21(28)24-17-8-5-7-15-16(17)12-26(23(15)30)18-10-11-20(27)25-22(18)29/h3-9,18H,2,10-13H2,1H3,(H,24,28)(H,25,27,29). The summed E-state index contributed by atoms with van der Waals surface area (Å²) >= 11 is 0. The summed E-state index contributed by atoms with van der Waals surface area (Å²) in [5.41, 5.74) is 2.62. The number of fused-ring (bicyclic) bond motifs is 1. The Labute approximate surface area is 179 Å². The van der Waals surface area contributed by atoms with Gasteiger partial charge in [0.25, 0.3) is 11.8 Å². The smallest absolute Gasteiger partial charge is 0.262 e. The Morgan fingerprint density at radius 1 is 1.16 bits per heavy atom. The molecule has 4 amide bonds. The Hall–Kier alpha value is -3.68. The molecule has 2 aliphatic rings. The van der Waals surface area contributed by atoms with Gasteiger partial charge in [0.1, 0.15) is 11.8 Å². The monoisotopic (exact) mass is 421 g/mol. The fourth-order valence-electron chi connectivity index (χ4n) is 3.97. The summed E-state index contributed by atoms with van der Waals surface area (Å²) in [5.74, 6) is -0.758. The summed E-state index contributed by atoms with van der Waals surface area (Å²) in [4.78, 5) is 50.5. The Bertz CT molecular complexity index is 1060. The molecule has 1 atom stereocenters.